The molecule has 0 spiro atoms. The maximum atomic E-state index is 13.7. The SMILES string of the molecule is Cc1ccc(-n2c(=O)[nH]c3cc(C(=O)O)ccc32)cc1F. The monoisotopic (exact) mass is 286 g/mol. The van der Waals surface area contributed by atoms with Crippen LogP contribution < -0.4 is 5.69 Å². The fraction of sp³-hybridized carbons (Fsp3) is 0.0667. The number of rotatable bonds is 2. The van der Waals surface area contributed by atoms with Crippen LogP contribution in [0.1, 0.15) is 15.9 Å². The number of halogens is 1. The Kier molecular flexibility index (Phi) is 2.86. The molecule has 0 radical (unpaired) electrons. The number of hydrogen-bond donors (Lipinski definition) is 2. The van der Waals surface area contributed by atoms with Crippen molar-refractivity contribution in [3.63, 3.8) is 0 Å². The minimum Gasteiger partial charge on any atom is -0.478 e. The summed E-state index contributed by atoms with van der Waals surface area (Å²) in [7, 11) is 0. The molecule has 6 heteroatoms. The Balaban J connectivity index is 2.27. The molecule has 106 valence electrons. The Hall–Kier alpha value is -2.89. The summed E-state index contributed by atoms with van der Waals surface area (Å²) >= 11 is 0. The molecule has 0 saturated carbocycles. The fourth-order valence-corrected chi connectivity index (χ4v) is 2.22. The van der Waals surface area contributed by atoms with Gasteiger partial charge in [0.15, 0.2) is 0 Å². The highest BCUT2D eigenvalue weighted by atomic mass is 19.1. The van der Waals surface area contributed by atoms with Gasteiger partial charge in [0, 0.05) is 0 Å². The number of aryl methyl sites for hydroxylation is 1. The Bertz CT molecular complexity index is 924. The number of carboxylic acids is 1. The maximum Gasteiger partial charge on any atom is 0.335 e. The number of aromatic carboxylic acids is 1. The van der Waals surface area contributed by atoms with E-state index in [9.17, 15) is 14.0 Å². The molecule has 5 nitrogen and oxygen atoms in total. The Morgan fingerprint density at radius 1 is 1.24 bits per heavy atom. The first kappa shape index (κ1) is 13.1. The highest BCUT2D eigenvalue weighted by molar-refractivity contribution is 5.92. The van der Waals surface area contributed by atoms with Crippen LogP contribution in [0.2, 0.25) is 0 Å². The summed E-state index contributed by atoms with van der Waals surface area (Å²) in [5.74, 6) is -1.48. The van der Waals surface area contributed by atoms with Crippen molar-refractivity contribution in [3.8, 4) is 5.69 Å². The van der Waals surface area contributed by atoms with Crippen molar-refractivity contribution in [1.82, 2.24) is 9.55 Å². The van der Waals surface area contributed by atoms with Crippen molar-refractivity contribution in [2.75, 3.05) is 0 Å². The third-order valence-corrected chi connectivity index (χ3v) is 3.34. The van der Waals surface area contributed by atoms with Crippen molar-refractivity contribution in [2.45, 2.75) is 6.92 Å². The number of aromatic amines is 1. The third-order valence-electron chi connectivity index (χ3n) is 3.34. The molecule has 0 aliphatic carbocycles. The van der Waals surface area contributed by atoms with Crippen molar-refractivity contribution in [1.29, 1.82) is 0 Å². The van der Waals surface area contributed by atoms with Gasteiger partial charge in [0.25, 0.3) is 0 Å². The summed E-state index contributed by atoms with van der Waals surface area (Å²) < 4.78 is 15.0. The van der Waals surface area contributed by atoms with Gasteiger partial charge in [-0.05, 0) is 42.8 Å². The van der Waals surface area contributed by atoms with E-state index in [1.807, 2.05) is 0 Å². The molecule has 1 aromatic heterocycles. The van der Waals surface area contributed by atoms with E-state index in [0.29, 0.717) is 22.3 Å². The smallest absolute Gasteiger partial charge is 0.335 e. The first-order valence-corrected chi connectivity index (χ1v) is 6.22. The summed E-state index contributed by atoms with van der Waals surface area (Å²) in [6, 6.07) is 8.79. The van der Waals surface area contributed by atoms with E-state index in [-0.39, 0.29) is 5.56 Å². The van der Waals surface area contributed by atoms with Gasteiger partial charge in [-0.3, -0.25) is 4.57 Å². The molecule has 3 aromatic rings. The first-order chi connectivity index (χ1) is 9.97. The number of imidazole rings is 1. The van der Waals surface area contributed by atoms with Gasteiger partial charge in [-0.25, -0.2) is 14.0 Å². The van der Waals surface area contributed by atoms with Gasteiger partial charge in [0.1, 0.15) is 5.82 Å². The molecular formula is C15H11FN2O3. The lowest BCUT2D eigenvalue weighted by Gasteiger charge is -2.05. The van der Waals surface area contributed by atoms with Gasteiger partial charge < -0.3 is 10.1 Å². The van der Waals surface area contributed by atoms with Crippen LogP contribution in [0.15, 0.2) is 41.2 Å². The molecule has 21 heavy (non-hydrogen) atoms. The molecule has 2 aromatic carbocycles. The second kappa shape index (κ2) is 4.59. The molecule has 0 saturated heterocycles. The van der Waals surface area contributed by atoms with Crippen LogP contribution in [0.4, 0.5) is 4.39 Å². The highest BCUT2D eigenvalue weighted by Crippen LogP contribution is 2.19. The predicted octanol–water partition coefficient (Wildman–Crippen LogP) is 2.46. The van der Waals surface area contributed by atoms with Crippen LogP contribution in [0.5, 0.6) is 0 Å². The lowest BCUT2D eigenvalue weighted by atomic mass is 10.2. The van der Waals surface area contributed by atoms with Gasteiger partial charge >= 0.3 is 11.7 Å². The highest BCUT2D eigenvalue weighted by Gasteiger charge is 2.12. The van der Waals surface area contributed by atoms with Crippen molar-refractivity contribution >= 4 is 17.0 Å². The van der Waals surface area contributed by atoms with Gasteiger partial charge in [0.05, 0.1) is 22.3 Å². The Morgan fingerprint density at radius 3 is 2.67 bits per heavy atom. The second-order valence-electron chi connectivity index (χ2n) is 4.74. The largest absolute Gasteiger partial charge is 0.478 e. The van der Waals surface area contributed by atoms with Crippen LogP contribution in [0.3, 0.4) is 0 Å². The van der Waals surface area contributed by atoms with E-state index < -0.39 is 17.5 Å². The molecule has 0 fully saturated rings. The standard InChI is InChI=1S/C15H11FN2O3/c1-8-2-4-10(7-11(8)16)18-13-5-3-9(14(19)20)6-12(13)17-15(18)21/h2-7H,1H3,(H,17,21)(H,19,20). The number of nitrogens with zero attached hydrogens (tertiary/aromatic N) is 1. The average Bonchev–Trinajstić information content (AvgIpc) is 2.76. The van der Waals surface area contributed by atoms with Crippen molar-refractivity contribution in [2.24, 2.45) is 0 Å². The molecule has 0 bridgehead atoms. The normalized spacial score (nSPS) is 11.0. The van der Waals surface area contributed by atoms with Crippen LogP contribution in [-0.2, 0) is 0 Å². The van der Waals surface area contributed by atoms with E-state index in [1.165, 1.54) is 28.8 Å². The number of carbonyl (C=O) groups is 1. The average molecular weight is 286 g/mol. The van der Waals surface area contributed by atoms with Gasteiger partial charge in [-0.1, -0.05) is 6.07 Å². The van der Waals surface area contributed by atoms with E-state index in [1.54, 1.807) is 19.1 Å². The zero-order valence-electron chi connectivity index (χ0n) is 11.1. The lowest BCUT2D eigenvalue weighted by molar-refractivity contribution is 0.0697. The Labute approximate surface area is 118 Å². The number of benzene rings is 2. The molecule has 0 amide bonds. The van der Waals surface area contributed by atoms with E-state index >= 15 is 0 Å². The third kappa shape index (κ3) is 2.10. The maximum absolute atomic E-state index is 13.7. The zero-order valence-corrected chi connectivity index (χ0v) is 11.1. The summed E-state index contributed by atoms with van der Waals surface area (Å²) in [6.45, 7) is 1.64. The zero-order chi connectivity index (χ0) is 15.1. The van der Waals surface area contributed by atoms with Crippen LogP contribution in [0, 0.1) is 12.7 Å². The first-order valence-electron chi connectivity index (χ1n) is 6.22. The van der Waals surface area contributed by atoms with Crippen LogP contribution in [0.25, 0.3) is 16.7 Å². The number of fused-ring (bicyclic) bond motifs is 1. The minimum absolute atomic E-state index is 0.0750. The number of H-pyrrole nitrogens is 1. The molecule has 0 aliphatic rings. The molecular weight excluding hydrogens is 275 g/mol. The predicted molar refractivity (Wildman–Crippen MR) is 75.5 cm³/mol. The molecule has 0 aliphatic heterocycles. The summed E-state index contributed by atoms with van der Waals surface area (Å²) in [5.41, 5.74) is 1.38. The van der Waals surface area contributed by atoms with Crippen LogP contribution in [-0.4, -0.2) is 20.6 Å². The van der Waals surface area contributed by atoms with E-state index in [4.69, 9.17) is 5.11 Å². The van der Waals surface area contributed by atoms with Crippen molar-refractivity contribution < 1.29 is 14.3 Å². The molecule has 3 rings (SSSR count). The number of carboxylic acid groups (broad SMARTS) is 1. The summed E-state index contributed by atoms with van der Waals surface area (Å²) in [5, 5.41) is 8.96. The lowest BCUT2D eigenvalue weighted by Crippen LogP contribution is -2.14. The van der Waals surface area contributed by atoms with Crippen molar-refractivity contribution in [3.05, 3.63) is 63.8 Å². The number of nitrogens with one attached hydrogen (secondary N) is 1. The Morgan fingerprint density at radius 2 is 2.00 bits per heavy atom. The summed E-state index contributed by atoms with van der Waals surface area (Å²) in [4.78, 5) is 25.6. The van der Waals surface area contributed by atoms with Gasteiger partial charge in [-0.2, -0.15) is 0 Å². The van der Waals surface area contributed by atoms with E-state index in [2.05, 4.69) is 4.98 Å². The fourth-order valence-electron chi connectivity index (χ4n) is 2.22. The molecule has 0 atom stereocenters. The molecule has 0 unspecified atom stereocenters. The molecule has 2 N–H and O–H groups in total. The summed E-state index contributed by atoms with van der Waals surface area (Å²) in [6.07, 6.45) is 0. The van der Waals surface area contributed by atoms with Gasteiger partial charge in [0.2, 0.25) is 0 Å². The minimum atomic E-state index is -1.08. The van der Waals surface area contributed by atoms with Gasteiger partial charge in [-0.15, -0.1) is 0 Å². The van der Waals surface area contributed by atoms with Crippen LogP contribution >= 0.6 is 0 Å². The number of aromatic nitrogens is 2. The quantitative estimate of drug-likeness (QED) is 0.760. The van der Waals surface area contributed by atoms with E-state index in [0.717, 1.165) is 0 Å². The second-order valence-corrected chi connectivity index (χ2v) is 4.74. The topological polar surface area (TPSA) is 75.1 Å². The number of hydrogen-bond acceptors (Lipinski definition) is 2. The molecule has 1 heterocycles.